The van der Waals surface area contributed by atoms with Crippen molar-refractivity contribution in [2.45, 2.75) is 13.1 Å². The lowest BCUT2D eigenvalue weighted by molar-refractivity contribution is 0.319. The molecule has 0 N–H and O–H groups in total. The Bertz CT molecular complexity index is 1010. The Morgan fingerprint density at radius 3 is 2.50 bits per heavy atom. The van der Waals surface area contributed by atoms with Crippen LogP contribution in [0.5, 0.6) is 0 Å². The first-order chi connectivity index (χ1) is 12.7. The fourth-order valence-electron chi connectivity index (χ4n) is 3.07. The molecule has 0 saturated carbocycles. The van der Waals surface area contributed by atoms with Crippen LogP contribution in [0, 0.1) is 5.82 Å². The van der Waals surface area contributed by atoms with Crippen LogP contribution in [0.1, 0.15) is 11.1 Å². The van der Waals surface area contributed by atoms with E-state index in [0.717, 1.165) is 28.9 Å². The highest BCUT2D eigenvalue weighted by Gasteiger charge is 2.11. The summed E-state index contributed by atoms with van der Waals surface area (Å²) in [5.41, 5.74) is 4.88. The highest BCUT2D eigenvalue weighted by molar-refractivity contribution is 5.66. The Morgan fingerprint density at radius 2 is 1.73 bits per heavy atom. The summed E-state index contributed by atoms with van der Waals surface area (Å²) in [4.78, 5) is 2.22. The molecule has 0 amide bonds. The summed E-state index contributed by atoms with van der Waals surface area (Å²) in [5, 5.41) is 12.0. The summed E-state index contributed by atoms with van der Waals surface area (Å²) in [6.45, 7) is 1.53. The van der Waals surface area contributed by atoms with Gasteiger partial charge in [-0.2, -0.15) is 4.52 Å². The lowest BCUT2D eigenvalue weighted by Crippen LogP contribution is -2.18. The van der Waals surface area contributed by atoms with Crippen LogP contribution in [0.3, 0.4) is 0 Å². The van der Waals surface area contributed by atoms with Gasteiger partial charge in [0.15, 0.2) is 5.65 Å². The van der Waals surface area contributed by atoms with E-state index in [9.17, 15) is 4.39 Å². The molecule has 6 heteroatoms. The topological polar surface area (TPSA) is 46.3 Å². The van der Waals surface area contributed by atoms with E-state index in [2.05, 4.69) is 45.7 Å². The van der Waals surface area contributed by atoms with Gasteiger partial charge in [-0.05, 0) is 46.8 Å². The minimum atomic E-state index is -0.250. The number of tetrazole rings is 1. The van der Waals surface area contributed by atoms with Gasteiger partial charge in [0.1, 0.15) is 5.82 Å². The number of hydrogen-bond acceptors (Lipinski definition) is 4. The van der Waals surface area contributed by atoms with Gasteiger partial charge in [-0.1, -0.05) is 42.5 Å². The van der Waals surface area contributed by atoms with Gasteiger partial charge in [-0.3, -0.25) is 4.90 Å². The van der Waals surface area contributed by atoms with Crippen molar-refractivity contribution in [2.24, 2.45) is 0 Å². The van der Waals surface area contributed by atoms with Gasteiger partial charge in [0, 0.05) is 30.4 Å². The van der Waals surface area contributed by atoms with Gasteiger partial charge >= 0.3 is 0 Å². The number of hydrogen-bond donors (Lipinski definition) is 0. The van der Waals surface area contributed by atoms with Crippen molar-refractivity contribution in [1.82, 2.24) is 24.9 Å². The molecule has 0 aliphatic rings. The lowest BCUT2D eigenvalue weighted by atomic mass is 10.1. The fourth-order valence-corrected chi connectivity index (χ4v) is 3.07. The number of halogens is 1. The molecule has 4 aromatic rings. The first kappa shape index (κ1) is 16.4. The van der Waals surface area contributed by atoms with Crippen LogP contribution in [0.2, 0.25) is 0 Å². The van der Waals surface area contributed by atoms with E-state index >= 15 is 0 Å². The first-order valence-corrected chi connectivity index (χ1v) is 8.38. The molecule has 5 nitrogen and oxygen atoms in total. The zero-order valence-corrected chi connectivity index (χ0v) is 14.4. The maximum atomic E-state index is 13.2. The molecule has 0 spiro atoms. The summed E-state index contributed by atoms with van der Waals surface area (Å²) in [6, 6.07) is 18.8. The van der Waals surface area contributed by atoms with Crippen LogP contribution in [0.15, 0.2) is 66.9 Å². The average Bonchev–Trinajstić information content (AvgIpc) is 3.12. The van der Waals surface area contributed by atoms with Gasteiger partial charge in [-0.15, -0.1) is 5.10 Å². The molecular weight excluding hydrogens is 329 g/mol. The molecule has 0 aliphatic heterocycles. The minimum Gasteiger partial charge on any atom is -0.298 e. The Labute approximate surface area is 150 Å². The van der Waals surface area contributed by atoms with Crippen LogP contribution in [-0.2, 0) is 13.1 Å². The summed E-state index contributed by atoms with van der Waals surface area (Å²) >= 11 is 0. The molecule has 0 atom stereocenters. The molecule has 0 fully saturated rings. The normalized spacial score (nSPS) is 11.3. The highest BCUT2D eigenvalue weighted by Crippen LogP contribution is 2.23. The van der Waals surface area contributed by atoms with Crippen molar-refractivity contribution in [3.8, 4) is 11.1 Å². The fraction of sp³-hybridized carbons (Fsp3) is 0.150. The number of nitrogens with zero attached hydrogens (tertiary/aromatic N) is 5. The molecule has 0 bridgehead atoms. The molecule has 130 valence electrons. The third-order valence-electron chi connectivity index (χ3n) is 4.28. The van der Waals surface area contributed by atoms with E-state index in [1.165, 1.54) is 17.7 Å². The average molecular weight is 347 g/mol. The zero-order valence-electron chi connectivity index (χ0n) is 14.4. The number of pyridine rings is 1. The Hall–Kier alpha value is -3.12. The summed E-state index contributed by atoms with van der Waals surface area (Å²) in [5.74, 6) is -0.250. The molecule has 0 radical (unpaired) electrons. The van der Waals surface area contributed by atoms with Crippen molar-refractivity contribution < 1.29 is 4.39 Å². The first-order valence-electron chi connectivity index (χ1n) is 8.38. The monoisotopic (exact) mass is 347 g/mol. The molecule has 2 aromatic heterocycles. The number of aromatic nitrogens is 4. The van der Waals surface area contributed by atoms with Crippen molar-refractivity contribution >= 4 is 5.65 Å². The van der Waals surface area contributed by atoms with Crippen molar-refractivity contribution in [2.75, 3.05) is 7.05 Å². The third kappa shape index (κ3) is 3.45. The van der Waals surface area contributed by atoms with Crippen LogP contribution < -0.4 is 0 Å². The summed E-state index contributed by atoms with van der Waals surface area (Å²) in [6.07, 6.45) is 1.86. The molecule has 0 unspecified atom stereocenters. The van der Waals surface area contributed by atoms with Crippen LogP contribution in [-0.4, -0.2) is 32.0 Å². The van der Waals surface area contributed by atoms with Crippen molar-refractivity contribution in [3.05, 3.63) is 83.8 Å². The quantitative estimate of drug-likeness (QED) is 0.554. The Morgan fingerprint density at radius 1 is 0.962 bits per heavy atom. The summed E-state index contributed by atoms with van der Waals surface area (Å²) < 4.78 is 14.9. The number of benzene rings is 2. The maximum absolute atomic E-state index is 13.2. The van der Waals surface area contributed by atoms with Gasteiger partial charge in [0.25, 0.3) is 0 Å². The van der Waals surface area contributed by atoms with Crippen LogP contribution in [0.4, 0.5) is 4.39 Å². The molecule has 0 aliphatic carbocycles. The Kier molecular flexibility index (Phi) is 4.41. The van der Waals surface area contributed by atoms with E-state index in [4.69, 9.17) is 0 Å². The second-order valence-electron chi connectivity index (χ2n) is 6.37. The smallest absolute Gasteiger partial charge is 0.183 e. The predicted molar refractivity (Wildman–Crippen MR) is 97.8 cm³/mol. The minimum absolute atomic E-state index is 0.250. The van der Waals surface area contributed by atoms with Crippen LogP contribution >= 0.6 is 0 Å². The predicted octanol–water partition coefficient (Wildman–Crippen LogP) is 3.56. The van der Waals surface area contributed by atoms with Crippen LogP contribution in [0.25, 0.3) is 16.8 Å². The molecule has 0 saturated heterocycles. The zero-order chi connectivity index (χ0) is 17.9. The van der Waals surface area contributed by atoms with E-state index in [0.29, 0.717) is 6.54 Å². The number of fused-ring (bicyclic) bond motifs is 1. The molecular formula is C20H18FN5. The highest BCUT2D eigenvalue weighted by atomic mass is 19.1. The summed E-state index contributed by atoms with van der Waals surface area (Å²) in [7, 11) is 2.07. The lowest BCUT2D eigenvalue weighted by Gasteiger charge is -2.17. The van der Waals surface area contributed by atoms with E-state index in [1.54, 1.807) is 16.6 Å². The van der Waals surface area contributed by atoms with E-state index in [-0.39, 0.29) is 5.82 Å². The largest absolute Gasteiger partial charge is 0.298 e. The maximum Gasteiger partial charge on any atom is 0.183 e. The Balaban J connectivity index is 1.65. The van der Waals surface area contributed by atoms with Gasteiger partial charge < -0.3 is 0 Å². The second-order valence-corrected chi connectivity index (χ2v) is 6.37. The molecule has 2 aromatic carbocycles. The van der Waals surface area contributed by atoms with E-state index < -0.39 is 0 Å². The van der Waals surface area contributed by atoms with E-state index in [1.807, 2.05) is 24.4 Å². The third-order valence-corrected chi connectivity index (χ3v) is 4.28. The van der Waals surface area contributed by atoms with Crippen molar-refractivity contribution in [3.63, 3.8) is 0 Å². The van der Waals surface area contributed by atoms with Crippen molar-refractivity contribution in [1.29, 1.82) is 0 Å². The standard InChI is InChI=1S/C20H18FN5/c1-25(12-15-5-3-2-4-6-15)13-18-11-17(14-26-20(18)22-23-24-26)16-7-9-19(21)10-8-16/h2-11,14H,12-13H2,1H3. The number of rotatable bonds is 5. The molecule has 4 rings (SSSR count). The SMILES string of the molecule is CN(Cc1ccccc1)Cc1cc(-c2ccc(F)cc2)cn2nnnc12. The second kappa shape index (κ2) is 7.01. The molecule has 2 heterocycles. The van der Waals surface area contributed by atoms with Gasteiger partial charge in [-0.25, -0.2) is 4.39 Å². The van der Waals surface area contributed by atoms with Gasteiger partial charge in [0.05, 0.1) is 0 Å². The molecule has 26 heavy (non-hydrogen) atoms. The van der Waals surface area contributed by atoms with Gasteiger partial charge in [0.2, 0.25) is 0 Å².